The van der Waals surface area contributed by atoms with Crippen LogP contribution < -0.4 is 0 Å². The van der Waals surface area contributed by atoms with Gasteiger partial charge in [-0.1, -0.05) is 32.2 Å². The molecule has 4 nitrogen and oxygen atoms in total. The molecule has 1 saturated carbocycles. The van der Waals surface area contributed by atoms with E-state index in [4.69, 9.17) is 9.47 Å². The highest BCUT2D eigenvalue weighted by Gasteiger charge is 2.58. The lowest BCUT2D eigenvalue weighted by atomic mass is 9.56. The fraction of sp³-hybridized carbons (Fsp3) is 0.500. The number of fused-ring (bicyclic) bond motifs is 3. The van der Waals surface area contributed by atoms with E-state index in [2.05, 4.69) is 20.1 Å². The number of carbonyl (C=O) groups excluding carboxylic acids is 2. The molecule has 2 fully saturated rings. The van der Waals surface area contributed by atoms with E-state index in [0.29, 0.717) is 11.1 Å². The van der Waals surface area contributed by atoms with Crippen molar-refractivity contribution in [3.8, 4) is 0 Å². The summed E-state index contributed by atoms with van der Waals surface area (Å²) in [5.41, 5.74) is 1.73. The molecule has 0 bridgehead atoms. The van der Waals surface area contributed by atoms with Crippen LogP contribution in [0.15, 0.2) is 48.1 Å². The highest BCUT2D eigenvalue weighted by Crippen LogP contribution is 2.56. The van der Waals surface area contributed by atoms with Gasteiger partial charge in [-0.2, -0.15) is 0 Å². The summed E-state index contributed by atoms with van der Waals surface area (Å²) in [6.45, 7) is 13.7. The predicted octanol–water partition coefficient (Wildman–Crippen LogP) is 3.50. The van der Waals surface area contributed by atoms with Crippen LogP contribution in [-0.2, 0) is 19.1 Å². The Hall–Kier alpha value is -2.10. The first-order valence-electron chi connectivity index (χ1n) is 8.40. The third kappa shape index (κ3) is 2.36. The van der Waals surface area contributed by atoms with Crippen LogP contribution in [0.2, 0.25) is 0 Å². The normalized spacial score (nSPS) is 38.5. The summed E-state index contributed by atoms with van der Waals surface area (Å²) in [7, 11) is 0. The van der Waals surface area contributed by atoms with Gasteiger partial charge in [0.05, 0.1) is 0 Å². The van der Waals surface area contributed by atoms with Crippen molar-refractivity contribution >= 4 is 11.9 Å². The second-order valence-corrected chi connectivity index (χ2v) is 7.26. The molecule has 0 aromatic carbocycles. The van der Waals surface area contributed by atoms with E-state index in [1.54, 1.807) is 13.0 Å². The maximum Gasteiger partial charge on any atom is 0.334 e. The van der Waals surface area contributed by atoms with Gasteiger partial charge in [0.2, 0.25) is 0 Å². The van der Waals surface area contributed by atoms with Gasteiger partial charge in [-0.3, -0.25) is 0 Å². The highest BCUT2D eigenvalue weighted by atomic mass is 16.6. The molecule has 3 aliphatic rings. The Bertz CT molecular complexity index is 684. The largest absolute Gasteiger partial charge is 0.458 e. The number of allylic oxidation sites excluding steroid dienone is 2. The van der Waals surface area contributed by atoms with Crippen LogP contribution in [0.1, 0.15) is 33.6 Å². The zero-order chi connectivity index (χ0) is 17.6. The fourth-order valence-corrected chi connectivity index (χ4v) is 4.26. The third-order valence-corrected chi connectivity index (χ3v) is 5.91. The van der Waals surface area contributed by atoms with Crippen molar-refractivity contribution in [3.05, 3.63) is 48.1 Å². The molecule has 5 atom stereocenters. The second-order valence-electron chi connectivity index (χ2n) is 7.26. The van der Waals surface area contributed by atoms with E-state index in [9.17, 15) is 9.59 Å². The maximum absolute atomic E-state index is 12.2. The van der Waals surface area contributed by atoms with Crippen LogP contribution in [0.5, 0.6) is 0 Å². The van der Waals surface area contributed by atoms with Gasteiger partial charge in [-0.25, -0.2) is 9.59 Å². The van der Waals surface area contributed by atoms with Crippen molar-refractivity contribution in [2.75, 3.05) is 0 Å². The van der Waals surface area contributed by atoms with Crippen molar-refractivity contribution in [1.29, 1.82) is 0 Å². The zero-order valence-electron chi connectivity index (χ0n) is 14.5. The number of carbonyl (C=O) groups is 2. The first-order valence-corrected chi connectivity index (χ1v) is 8.40. The quantitative estimate of drug-likeness (QED) is 0.575. The summed E-state index contributed by atoms with van der Waals surface area (Å²) in [5, 5.41) is 0. The van der Waals surface area contributed by atoms with Crippen molar-refractivity contribution in [1.82, 2.24) is 0 Å². The number of esters is 2. The summed E-state index contributed by atoms with van der Waals surface area (Å²) >= 11 is 0. The summed E-state index contributed by atoms with van der Waals surface area (Å²) in [6, 6.07) is 0. The summed E-state index contributed by atoms with van der Waals surface area (Å²) in [6.07, 6.45) is 6.56. The molecule has 4 heteroatoms. The van der Waals surface area contributed by atoms with Crippen LogP contribution in [-0.4, -0.2) is 24.1 Å². The van der Waals surface area contributed by atoms with Gasteiger partial charge in [0.15, 0.2) is 0 Å². The summed E-state index contributed by atoms with van der Waals surface area (Å²) in [5.74, 6) is -0.648. The molecule has 0 spiro atoms. The Kier molecular flexibility index (Phi) is 4.02. The third-order valence-electron chi connectivity index (χ3n) is 5.91. The van der Waals surface area contributed by atoms with Crippen molar-refractivity contribution < 1.29 is 19.1 Å². The standard InChI is InChI=1S/C20H24O4/c1-6-11(2)18(21)23-15-8-7-12(3)16-17-14(9-10-20(15,16)5)13(4)19(22)24-17/h6-8,14-17H,3-4,9-10H2,1-2,5H3/b11-6+/t14-,15+,16-,17+,20+/m0/s1. The molecule has 3 rings (SSSR count). The highest BCUT2D eigenvalue weighted by molar-refractivity contribution is 5.91. The van der Waals surface area contributed by atoms with E-state index in [1.165, 1.54) is 0 Å². The molecule has 128 valence electrons. The molecule has 24 heavy (non-hydrogen) atoms. The Morgan fingerprint density at radius 2 is 2.17 bits per heavy atom. The first kappa shape index (κ1) is 16.7. The van der Waals surface area contributed by atoms with E-state index < -0.39 is 0 Å². The molecule has 0 radical (unpaired) electrons. The smallest absolute Gasteiger partial charge is 0.334 e. The van der Waals surface area contributed by atoms with Crippen LogP contribution in [0.25, 0.3) is 0 Å². The molecule has 0 aromatic rings. The molecule has 1 saturated heterocycles. The van der Waals surface area contributed by atoms with Gasteiger partial charge in [0.25, 0.3) is 0 Å². The Labute approximate surface area is 142 Å². The van der Waals surface area contributed by atoms with E-state index in [0.717, 1.165) is 18.4 Å². The number of hydrogen-bond acceptors (Lipinski definition) is 4. The van der Waals surface area contributed by atoms with E-state index in [1.807, 2.05) is 19.1 Å². The molecule has 1 heterocycles. The summed E-state index contributed by atoms with van der Waals surface area (Å²) in [4.78, 5) is 24.2. The lowest BCUT2D eigenvalue weighted by molar-refractivity contribution is -0.160. The minimum absolute atomic E-state index is 0.0347. The van der Waals surface area contributed by atoms with Crippen LogP contribution in [0, 0.1) is 17.3 Å². The average molecular weight is 328 g/mol. The number of hydrogen-bond donors (Lipinski definition) is 0. The number of rotatable bonds is 2. The molecule has 2 aliphatic carbocycles. The van der Waals surface area contributed by atoms with Crippen LogP contribution in [0.3, 0.4) is 0 Å². The van der Waals surface area contributed by atoms with Gasteiger partial charge in [0.1, 0.15) is 12.2 Å². The van der Waals surface area contributed by atoms with Crippen molar-refractivity contribution in [2.45, 2.75) is 45.8 Å². The van der Waals surface area contributed by atoms with Gasteiger partial charge in [-0.05, 0) is 38.3 Å². The van der Waals surface area contributed by atoms with Crippen LogP contribution in [0.4, 0.5) is 0 Å². The monoisotopic (exact) mass is 328 g/mol. The van der Waals surface area contributed by atoms with Crippen molar-refractivity contribution in [3.63, 3.8) is 0 Å². The zero-order valence-corrected chi connectivity index (χ0v) is 14.5. The molecular weight excluding hydrogens is 304 g/mol. The van der Waals surface area contributed by atoms with Gasteiger partial charge in [0, 0.05) is 28.4 Å². The Morgan fingerprint density at radius 3 is 2.83 bits per heavy atom. The Balaban J connectivity index is 1.93. The van der Waals surface area contributed by atoms with Crippen LogP contribution >= 0.6 is 0 Å². The minimum atomic E-state index is -0.357. The lowest BCUT2D eigenvalue weighted by Crippen LogP contribution is -2.52. The van der Waals surface area contributed by atoms with Gasteiger partial charge < -0.3 is 9.47 Å². The number of ether oxygens (including phenoxy) is 2. The molecule has 0 amide bonds. The topological polar surface area (TPSA) is 52.6 Å². The van der Waals surface area contributed by atoms with Crippen molar-refractivity contribution in [2.24, 2.45) is 17.3 Å². The average Bonchev–Trinajstić information content (AvgIpc) is 2.83. The molecule has 0 unspecified atom stereocenters. The van der Waals surface area contributed by atoms with Gasteiger partial charge >= 0.3 is 11.9 Å². The molecular formula is C20H24O4. The minimum Gasteiger partial charge on any atom is -0.458 e. The fourth-order valence-electron chi connectivity index (χ4n) is 4.26. The van der Waals surface area contributed by atoms with E-state index in [-0.39, 0.29) is 41.4 Å². The lowest BCUT2D eigenvalue weighted by Gasteiger charge is -2.51. The summed E-state index contributed by atoms with van der Waals surface area (Å²) < 4.78 is 11.4. The second kappa shape index (κ2) is 5.76. The predicted molar refractivity (Wildman–Crippen MR) is 90.9 cm³/mol. The van der Waals surface area contributed by atoms with Gasteiger partial charge in [-0.15, -0.1) is 0 Å². The maximum atomic E-state index is 12.2. The SMILES string of the molecule is C=C1C(=O)O[C@@H]2[C@H]1CC[C@]1(C)[C@H](OC(=O)/C(C)=C/C)C=CC(=C)[C@@H]21. The molecule has 0 N–H and O–H groups in total. The van der Waals surface area contributed by atoms with E-state index >= 15 is 0 Å². The molecule has 0 aromatic heterocycles. The Morgan fingerprint density at radius 1 is 1.46 bits per heavy atom. The first-order chi connectivity index (χ1) is 11.3. The molecule has 1 aliphatic heterocycles.